The van der Waals surface area contributed by atoms with Gasteiger partial charge < -0.3 is 127 Å². The molecule has 15 atom stereocenters. The molecule has 0 saturated carbocycles. The average Bonchev–Trinajstić information content (AvgIpc) is 1.47. The number of primary amides is 2. The Morgan fingerprint density at radius 2 is 0.802 bits per heavy atom. The lowest BCUT2D eigenvalue weighted by Crippen LogP contribution is -2.62. The van der Waals surface area contributed by atoms with Crippen molar-refractivity contribution in [3.63, 3.8) is 0 Å². The maximum atomic E-state index is 14.6. The van der Waals surface area contributed by atoms with E-state index in [2.05, 4.69) is 145 Å². The van der Waals surface area contributed by atoms with Gasteiger partial charge in [0.05, 0.1) is 45.3 Å². The topological polar surface area (TPSA) is 712 Å². The number of aliphatic carboxylic acids is 2. The fourth-order valence-corrected chi connectivity index (χ4v) is 12.4. The van der Waals surface area contributed by atoms with Crippen LogP contribution in [0.1, 0.15) is 104 Å². The lowest BCUT2D eigenvalue weighted by atomic mass is 10.0. The van der Waals surface area contributed by atoms with Crippen molar-refractivity contribution in [1.29, 1.82) is 0 Å². The van der Waals surface area contributed by atoms with Gasteiger partial charge in [-0.3, -0.25) is 86.3 Å². The van der Waals surface area contributed by atoms with Crippen molar-refractivity contribution >= 4 is 163 Å². The van der Waals surface area contributed by atoms with E-state index in [4.69, 9.17) is 17.2 Å². The molecule has 0 aromatic carbocycles. The molecule has 1 aliphatic rings. The van der Waals surface area contributed by atoms with Gasteiger partial charge in [-0.05, 0) is 49.9 Å². The molecule has 1 aliphatic heterocycles. The van der Waals surface area contributed by atoms with E-state index in [1.165, 1.54) is 38.9 Å². The number of nitrogens with one attached hydrogen (secondary N) is 16. The summed E-state index contributed by atoms with van der Waals surface area (Å²) in [5, 5.41) is 73.1. The highest BCUT2D eigenvalue weighted by atomic mass is 32.1. The third-order valence-electron chi connectivity index (χ3n) is 17.4. The van der Waals surface area contributed by atoms with Gasteiger partial charge in [-0.15, -0.1) is 0 Å². The molecule has 2 aromatic rings. The van der Waals surface area contributed by atoms with Crippen LogP contribution in [0.15, 0.2) is 25.0 Å². The van der Waals surface area contributed by atoms with Crippen molar-refractivity contribution in [3.8, 4) is 0 Å². The SMILES string of the molecule is CC(C)C[C@H](NC(=O)[C@H](CC(N)=O)NC(=O)[C@H](CO)NC(=O)[C@H](Cc1cnc[nH]1)NC(=O)[C@H](CCC(=O)O)NC(=O)[C@H](CC(C)C)NC(=O)[C@H](Cc1cnc[nH]1)NC(=O)[C@H](CS)NC(=O)[C@@H](NC(=O)[C@@H]1CCCN1C(=O)[C@H](CC(N)=O)NC(=O)[C@H](CO)NC(=O)[C@H](CS)NC(=O)[C@H](CS)NC(=O)CN)C(C)C)C(=O)N[C@@H](CS)C(=O)O. The molecular weight excluding hydrogens is 1610 g/mol. The lowest BCUT2D eigenvalue weighted by molar-refractivity contribution is -0.143. The zero-order valence-electron chi connectivity index (χ0n) is 64.3. The Hall–Kier alpha value is -10.4. The van der Waals surface area contributed by atoms with Crippen molar-refractivity contribution in [3.05, 3.63) is 36.4 Å². The van der Waals surface area contributed by atoms with Gasteiger partial charge in [0.1, 0.15) is 90.6 Å². The van der Waals surface area contributed by atoms with Crippen molar-refractivity contribution < 1.29 is 112 Å². The Labute approximate surface area is 687 Å². The number of rotatable bonds is 52. The van der Waals surface area contributed by atoms with Crippen LogP contribution < -0.4 is 91.6 Å². The predicted molar refractivity (Wildman–Crippen MR) is 421 cm³/mol. The van der Waals surface area contributed by atoms with Crippen molar-refractivity contribution in [2.24, 2.45) is 35.0 Å². The number of nitrogens with two attached hydrogens (primary N) is 3. The van der Waals surface area contributed by atoms with Gasteiger partial charge in [-0.25, -0.2) is 14.8 Å². The standard InChI is InChI=1S/C67H106N22O23S4/c1-29(2)12-35(54(98)76-34(9-10-51(95)96)53(97)79-38(15-33-20-72-28-74-33)57(101)83-41(21-90)59(103)81-39(16-48(69)92)58(102)78-36(13-30(3)4)55(99)87-46(26-116)67(111)112)77-56(100)37(14-32-19-71-27-73-32)80-62(106)45(25-115)86-65(109)52(31(5)6)88-64(108)47-8-7-11-89(47)66(110)40(17-49(70)93)82-60(104)42(22-91)84-63(107)44(24-114)85-61(105)43(23-113)75-50(94)18-68/h19-20,27-31,34-47,52,90-91,113-116H,7-18,21-26,68H2,1-6H3,(H2,69,92)(H2,70,93)(H,71,73)(H,72,74)(H,75,94)(H,76,98)(H,77,100)(H,78,102)(H,79,97)(H,80,106)(H,81,103)(H,82,104)(H,83,101)(H,84,107)(H,85,105)(H,86,109)(H,87,99)(H,88,108)(H,95,96)(H,111,112)/t34-,35-,36-,37-,38-,39-,40-,41-,42-,43-,44-,45-,46-,47-,52-/m0/s1. The van der Waals surface area contributed by atoms with E-state index >= 15 is 0 Å². The molecule has 0 aliphatic carbocycles. The maximum absolute atomic E-state index is 14.6. The molecule has 0 bridgehead atoms. The van der Waals surface area contributed by atoms with Gasteiger partial charge in [0.15, 0.2) is 0 Å². The van der Waals surface area contributed by atoms with E-state index in [1.54, 1.807) is 27.7 Å². The van der Waals surface area contributed by atoms with Crippen LogP contribution in [0.3, 0.4) is 0 Å². The Kier molecular flexibility index (Phi) is 43.2. The van der Waals surface area contributed by atoms with Crippen LogP contribution >= 0.6 is 50.5 Å². The number of nitrogens with zero attached hydrogens (tertiary/aromatic N) is 3. The summed E-state index contributed by atoms with van der Waals surface area (Å²) in [5.41, 5.74) is 16.6. The van der Waals surface area contributed by atoms with Crippen LogP contribution in [0.4, 0.5) is 0 Å². The number of imidazole rings is 2. The zero-order valence-corrected chi connectivity index (χ0v) is 67.9. The number of likely N-dealkylation sites (tertiary alicyclic amines) is 1. The maximum Gasteiger partial charge on any atom is 0.327 e. The first-order valence-corrected chi connectivity index (χ1v) is 39.0. The van der Waals surface area contributed by atoms with Crippen LogP contribution in [0.2, 0.25) is 0 Å². The number of H-pyrrole nitrogens is 2. The Balaban J connectivity index is 1.87. The number of amides is 17. The second kappa shape index (κ2) is 50.2. The molecular formula is C67H106N22O23S4. The molecule has 1 fully saturated rings. The first kappa shape index (κ1) is 99.8. The van der Waals surface area contributed by atoms with Crippen molar-refractivity contribution in [2.45, 2.75) is 196 Å². The predicted octanol–water partition coefficient (Wildman–Crippen LogP) is -10.2. The second-order valence-corrected chi connectivity index (χ2v) is 29.5. The minimum absolute atomic E-state index is 0.0186. The van der Waals surface area contributed by atoms with Gasteiger partial charge in [0.2, 0.25) is 100 Å². The number of carboxylic acid groups (broad SMARTS) is 2. The van der Waals surface area contributed by atoms with E-state index in [9.17, 15) is 112 Å². The molecule has 1 saturated heterocycles. The second-order valence-electron chi connectivity index (χ2n) is 28.0. The van der Waals surface area contributed by atoms with Gasteiger partial charge in [-0.1, -0.05) is 41.5 Å². The molecule has 646 valence electrons. The summed E-state index contributed by atoms with van der Waals surface area (Å²) in [7, 11) is 0. The van der Waals surface area contributed by atoms with Crippen LogP contribution in [-0.4, -0.2) is 298 Å². The summed E-state index contributed by atoms with van der Waals surface area (Å²) in [4.78, 5) is 270. The Morgan fingerprint density at radius 3 is 1.19 bits per heavy atom. The Morgan fingerprint density at radius 1 is 0.457 bits per heavy atom. The van der Waals surface area contributed by atoms with Gasteiger partial charge in [-0.2, -0.15) is 50.5 Å². The molecule has 45 nitrogen and oxygen atoms in total. The molecule has 17 amide bonds. The molecule has 116 heavy (non-hydrogen) atoms. The summed E-state index contributed by atoms with van der Waals surface area (Å²) in [6.07, 6.45) is 0.871. The third-order valence-corrected chi connectivity index (χ3v) is 18.9. The summed E-state index contributed by atoms with van der Waals surface area (Å²) < 4.78 is 0. The van der Waals surface area contributed by atoms with Crippen LogP contribution in [-0.2, 0) is 104 Å². The number of carboxylic acids is 2. The van der Waals surface area contributed by atoms with Crippen LogP contribution in [0.5, 0.6) is 0 Å². The van der Waals surface area contributed by atoms with E-state index in [1.807, 2.05) is 0 Å². The van der Waals surface area contributed by atoms with E-state index < -0.39 is 272 Å². The highest BCUT2D eigenvalue weighted by molar-refractivity contribution is 7.80. The fourth-order valence-electron chi connectivity index (χ4n) is 11.4. The van der Waals surface area contributed by atoms with E-state index in [0.29, 0.717) is 0 Å². The first-order valence-electron chi connectivity index (χ1n) is 36.5. The summed E-state index contributed by atoms with van der Waals surface area (Å²) in [6, 6.07) is -24.4. The van der Waals surface area contributed by atoms with Gasteiger partial charge in [0.25, 0.3) is 0 Å². The number of aliphatic hydroxyl groups is 2. The quantitative estimate of drug-likeness (QED) is 0.0274. The molecule has 2 aromatic heterocycles. The highest BCUT2D eigenvalue weighted by Crippen LogP contribution is 2.21. The van der Waals surface area contributed by atoms with Crippen molar-refractivity contribution in [1.82, 2.24) is 99.3 Å². The molecule has 0 unspecified atom stereocenters. The number of aromatic amines is 2. The smallest absolute Gasteiger partial charge is 0.327 e. The molecule has 0 radical (unpaired) electrons. The van der Waals surface area contributed by atoms with Crippen LogP contribution in [0, 0.1) is 17.8 Å². The summed E-state index contributed by atoms with van der Waals surface area (Å²) >= 11 is 16.3. The number of aromatic nitrogens is 4. The summed E-state index contributed by atoms with van der Waals surface area (Å²) in [6.45, 7) is 6.82. The van der Waals surface area contributed by atoms with Crippen LogP contribution in [0.25, 0.3) is 0 Å². The minimum Gasteiger partial charge on any atom is -0.481 e. The number of carbonyl (C=O) groups is 19. The number of hydrogen-bond donors (Lipinski definition) is 27. The fraction of sp³-hybridized carbons (Fsp3) is 0.627. The normalized spacial score (nSPS) is 16.1. The number of hydrogen-bond acceptors (Lipinski definition) is 28. The molecule has 49 heteroatoms. The number of thiol groups is 4. The number of aliphatic hydroxyl groups excluding tert-OH is 2. The first-order chi connectivity index (χ1) is 54.6. The van der Waals surface area contributed by atoms with Gasteiger partial charge >= 0.3 is 11.9 Å². The molecule has 3 rings (SSSR count). The lowest BCUT2D eigenvalue weighted by Gasteiger charge is -2.31. The number of carbonyl (C=O) groups excluding carboxylic acids is 17. The molecule has 26 N–H and O–H groups in total. The molecule has 3 heterocycles. The average molecular weight is 1720 g/mol. The monoisotopic (exact) mass is 1710 g/mol. The zero-order chi connectivity index (χ0) is 87.4. The highest BCUT2D eigenvalue weighted by Gasteiger charge is 2.43. The molecule has 0 spiro atoms. The largest absolute Gasteiger partial charge is 0.481 e. The van der Waals surface area contributed by atoms with Crippen molar-refractivity contribution in [2.75, 3.05) is 49.3 Å². The third kappa shape index (κ3) is 33.5. The van der Waals surface area contributed by atoms with Gasteiger partial charge in [0, 0.05) is 72.6 Å². The Bertz CT molecular complexity index is 3750. The van der Waals surface area contributed by atoms with E-state index in [0.717, 1.165) is 4.90 Å². The van der Waals surface area contributed by atoms with E-state index in [-0.39, 0.29) is 73.2 Å². The minimum atomic E-state index is -1.98. The summed E-state index contributed by atoms with van der Waals surface area (Å²) in [5.74, 6) is -23.8.